The van der Waals surface area contributed by atoms with Gasteiger partial charge in [0.2, 0.25) is 5.95 Å². The molecule has 1 saturated heterocycles. The molecule has 0 atom stereocenters. The molecule has 42 heavy (non-hydrogen) atoms. The molecular formula is C28H34F3N9O2. The molecule has 1 amide bonds. The van der Waals surface area contributed by atoms with Gasteiger partial charge < -0.3 is 25.5 Å². The molecule has 0 aliphatic carbocycles. The largest absolute Gasteiger partial charge is 0.512 e. The van der Waals surface area contributed by atoms with E-state index in [-0.39, 0.29) is 22.7 Å². The molecule has 14 heteroatoms. The van der Waals surface area contributed by atoms with E-state index >= 15 is 0 Å². The Labute approximate surface area is 241 Å². The van der Waals surface area contributed by atoms with Crippen LogP contribution < -0.4 is 15.5 Å². The number of nitrogens with zero attached hydrogens (tertiary/aromatic N) is 6. The van der Waals surface area contributed by atoms with E-state index in [0.29, 0.717) is 18.0 Å². The summed E-state index contributed by atoms with van der Waals surface area (Å²) in [6.45, 7) is 8.75. The lowest BCUT2D eigenvalue weighted by Crippen LogP contribution is -2.32. The van der Waals surface area contributed by atoms with E-state index < -0.39 is 34.6 Å². The molecule has 3 aromatic rings. The van der Waals surface area contributed by atoms with Gasteiger partial charge in [-0.15, -0.1) is 0 Å². The summed E-state index contributed by atoms with van der Waals surface area (Å²) in [7, 11) is 1.84. The molecule has 3 heterocycles. The fraction of sp³-hybridized carbons (Fsp3) is 0.429. The highest BCUT2D eigenvalue weighted by molar-refractivity contribution is 6.09. The highest BCUT2D eigenvalue weighted by Crippen LogP contribution is 2.37. The number of carbonyl (C=O) groups excluding carboxylic acids is 1. The number of benzene rings is 1. The van der Waals surface area contributed by atoms with Gasteiger partial charge in [-0.3, -0.25) is 10.2 Å². The molecule has 0 unspecified atom stereocenters. The average Bonchev–Trinajstić information content (AvgIpc) is 3.44. The predicted octanol–water partition coefficient (Wildman–Crippen LogP) is 4.91. The molecule has 0 spiro atoms. The number of amidine groups is 1. The van der Waals surface area contributed by atoms with Gasteiger partial charge in [-0.05, 0) is 44.1 Å². The summed E-state index contributed by atoms with van der Waals surface area (Å²) in [5.74, 6) is -1.01. The van der Waals surface area contributed by atoms with Gasteiger partial charge in [0.05, 0.1) is 17.4 Å². The quantitative estimate of drug-likeness (QED) is 0.165. The van der Waals surface area contributed by atoms with Crippen molar-refractivity contribution in [2.24, 2.45) is 5.41 Å². The van der Waals surface area contributed by atoms with Gasteiger partial charge in [0.1, 0.15) is 29.0 Å². The van der Waals surface area contributed by atoms with Crippen LogP contribution in [0.2, 0.25) is 0 Å². The van der Waals surface area contributed by atoms with Crippen molar-refractivity contribution in [3.8, 4) is 0 Å². The maximum atomic E-state index is 14.0. The third-order valence-corrected chi connectivity index (χ3v) is 6.79. The number of likely N-dealkylation sites (N-methyl/N-ethyl adjacent to an activating group) is 1. The SMILES string of the molecule is CN(CCN1CCCC1)c1ncc2ncnc(Nc3cc(C(=O)NC(=N)/C=C(\O)C(C)(C)C)ccc3C(F)(F)F)c2n1. The van der Waals surface area contributed by atoms with Crippen molar-refractivity contribution in [1.29, 1.82) is 5.41 Å². The zero-order valence-electron chi connectivity index (χ0n) is 23.9. The second-order valence-electron chi connectivity index (χ2n) is 11.1. The van der Waals surface area contributed by atoms with E-state index in [1.807, 2.05) is 11.9 Å². The van der Waals surface area contributed by atoms with Crippen LogP contribution in [0.4, 0.5) is 30.6 Å². The summed E-state index contributed by atoms with van der Waals surface area (Å²) in [5, 5.41) is 23.0. The van der Waals surface area contributed by atoms with E-state index in [1.54, 1.807) is 20.8 Å². The van der Waals surface area contributed by atoms with Crippen molar-refractivity contribution in [3.05, 3.63) is 53.7 Å². The van der Waals surface area contributed by atoms with E-state index in [4.69, 9.17) is 5.41 Å². The molecule has 4 rings (SSSR count). The topological polar surface area (TPSA) is 143 Å². The van der Waals surface area contributed by atoms with Crippen LogP contribution in [0, 0.1) is 10.8 Å². The molecule has 0 saturated carbocycles. The van der Waals surface area contributed by atoms with E-state index in [1.165, 1.54) is 25.4 Å². The van der Waals surface area contributed by atoms with Crippen molar-refractivity contribution in [2.45, 2.75) is 39.8 Å². The molecule has 1 aliphatic heterocycles. The summed E-state index contributed by atoms with van der Waals surface area (Å²) in [5.41, 5.74) is -1.72. The van der Waals surface area contributed by atoms with Crippen molar-refractivity contribution in [1.82, 2.24) is 30.2 Å². The number of aliphatic hydroxyl groups is 1. The van der Waals surface area contributed by atoms with E-state index in [0.717, 1.165) is 43.9 Å². The number of allylic oxidation sites excluding steroid dienone is 1. The zero-order chi connectivity index (χ0) is 30.7. The number of alkyl halides is 3. The molecule has 0 bridgehead atoms. The minimum atomic E-state index is -4.75. The summed E-state index contributed by atoms with van der Waals surface area (Å²) in [6, 6.07) is 2.81. The van der Waals surface area contributed by atoms with Gasteiger partial charge >= 0.3 is 6.18 Å². The highest BCUT2D eigenvalue weighted by atomic mass is 19.4. The normalized spacial score (nSPS) is 14.7. The van der Waals surface area contributed by atoms with Gasteiger partial charge in [0.15, 0.2) is 5.82 Å². The van der Waals surface area contributed by atoms with Gasteiger partial charge in [-0.1, -0.05) is 20.8 Å². The lowest BCUT2D eigenvalue weighted by Gasteiger charge is -2.21. The number of fused-ring (bicyclic) bond motifs is 1. The van der Waals surface area contributed by atoms with Gasteiger partial charge in [0.25, 0.3) is 5.91 Å². The Hall–Kier alpha value is -4.33. The molecular weight excluding hydrogens is 551 g/mol. The molecule has 1 fully saturated rings. The highest BCUT2D eigenvalue weighted by Gasteiger charge is 2.34. The van der Waals surface area contributed by atoms with Crippen LogP contribution in [0.3, 0.4) is 0 Å². The molecule has 11 nitrogen and oxygen atoms in total. The first-order valence-electron chi connectivity index (χ1n) is 13.4. The Balaban J connectivity index is 1.62. The van der Waals surface area contributed by atoms with Gasteiger partial charge in [-0.2, -0.15) is 13.2 Å². The fourth-order valence-corrected chi connectivity index (χ4v) is 4.27. The van der Waals surface area contributed by atoms with Crippen molar-refractivity contribution in [3.63, 3.8) is 0 Å². The first-order valence-corrected chi connectivity index (χ1v) is 13.4. The van der Waals surface area contributed by atoms with Crippen LogP contribution in [-0.4, -0.2) is 74.9 Å². The first kappa shape index (κ1) is 30.6. The molecule has 1 aliphatic rings. The number of hydrogen-bond donors (Lipinski definition) is 4. The minimum absolute atomic E-state index is 0.00502. The van der Waals surface area contributed by atoms with Gasteiger partial charge in [0, 0.05) is 37.2 Å². The summed E-state index contributed by atoms with van der Waals surface area (Å²) in [4.78, 5) is 34.2. The number of nitrogens with one attached hydrogen (secondary N) is 3. The minimum Gasteiger partial charge on any atom is -0.512 e. The molecule has 2 aromatic heterocycles. The number of hydrogen-bond acceptors (Lipinski definition) is 10. The van der Waals surface area contributed by atoms with Crippen molar-refractivity contribution in [2.75, 3.05) is 43.4 Å². The molecule has 1 aromatic carbocycles. The Morgan fingerprint density at radius 2 is 1.88 bits per heavy atom. The number of anilines is 3. The Morgan fingerprint density at radius 3 is 2.55 bits per heavy atom. The number of rotatable bonds is 8. The van der Waals surface area contributed by atoms with Crippen LogP contribution in [-0.2, 0) is 6.18 Å². The zero-order valence-corrected chi connectivity index (χ0v) is 23.9. The second-order valence-corrected chi connectivity index (χ2v) is 11.1. The first-order chi connectivity index (χ1) is 19.7. The summed E-state index contributed by atoms with van der Waals surface area (Å²) in [6.07, 6.45) is 1.34. The number of amides is 1. The third-order valence-electron chi connectivity index (χ3n) is 6.79. The number of halogens is 3. The van der Waals surface area contributed by atoms with Crippen LogP contribution >= 0.6 is 0 Å². The molecule has 224 valence electrons. The smallest absolute Gasteiger partial charge is 0.418 e. The van der Waals surface area contributed by atoms with Crippen LogP contribution in [0.1, 0.15) is 49.5 Å². The van der Waals surface area contributed by atoms with Crippen LogP contribution in [0.25, 0.3) is 11.0 Å². The standard InChI is InChI=1S/C28H34F3N9O2/c1-27(2,3)21(41)14-22(32)37-25(42)17-7-8-18(28(29,30)31)19(13-17)36-24-23-20(34-16-35-24)15-33-26(38-23)39(4)11-12-40-9-5-6-10-40/h7-8,13-16,41H,5-6,9-12H2,1-4H3,(H2,32,37,42)(H,34,35,36)/b21-14-. The molecule has 4 N–H and O–H groups in total. The third kappa shape index (κ3) is 7.49. The average molecular weight is 586 g/mol. The summed E-state index contributed by atoms with van der Waals surface area (Å²) < 4.78 is 41.9. The van der Waals surface area contributed by atoms with Crippen molar-refractivity contribution >= 4 is 40.2 Å². The predicted molar refractivity (Wildman–Crippen MR) is 154 cm³/mol. The van der Waals surface area contributed by atoms with Crippen molar-refractivity contribution < 1.29 is 23.1 Å². The Kier molecular flexibility index (Phi) is 8.95. The second kappa shape index (κ2) is 12.3. The van der Waals surface area contributed by atoms with E-state index in [9.17, 15) is 23.1 Å². The summed E-state index contributed by atoms with van der Waals surface area (Å²) >= 11 is 0. The number of likely N-dealkylation sites (tertiary alicyclic amines) is 1. The Bertz CT molecular complexity index is 1500. The van der Waals surface area contributed by atoms with Crippen LogP contribution in [0.15, 0.2) is 42.6 Å². The number of aliphatic hydroxyl groups excluding tert-OH is 1. The van der Waals surface area contributed by atoms with Crippen LogP contribution in [0.5, 0.6) is 0 Å². The Morgan fingerprint density at radius 1 is 1.17 bits per heavy atom. The number of carbonyl (C=O) groups is 1. The maximum absolute atomic E-state index is 14.0. The monoisotopic (exact) mass is 585 g/mol. The lowest BCUT2D eigenvalue weighted by molar-refractivity contribution is -0.136. The van der Waals surface area contributed by atoms with E-state index in [2.05, 4.69) is 35.5 Å². The van der Waals surface area contributed by atoms with Gasteiger partial charge in [-0.25, -0.2) is 19.9 Å². The maximum Gasteiger partial charge on any atom is 0.418 e. The lowest BCUT2D eigenvalue weighted by atomic mass is 9.93. The number of aromatic nitrogens is 4. The fourth-order valence-electron chi connectivity index (χ4n) is 4.27. The molecule has 0 radical (unpaired) electrons.